The van der Waals surface area contributed by atoms with Crippen molar-refractivity contribution in [1.82, 2.24) is 4.81 Å². The van der Waals surface area contributed by atoms with Crippen LogP contribution in [0.2, 0.25) is 12.6 Å². The molecule has 0 bridgehead atoms. The molecule has 0 aromatic heterocycles. The number of nitrogens with zero attached hydrogens (tertiary/aromatic N) is 1. The number of rotatable bonds is 2. The summed E-state index contributed by atoms with van der Waals surface area (Å²) in [4.78, 5) is 2.49. The molecule has 0 N–H and O–H groups in total. The first-order valence-electron chi connectivity index (χ1n) is 4.05. The Hall–Kier alpha value is 0.0249. The van der Waals surface area contributed by atoms with Gasteiger partial charge in [0, 0.05) is 0 Å². The van der Waals surface area contributed by atoms with Crippen molar-refractivity contribution in [3.8, 4) is 0 Å². The zero-order chi connectivity index (χ0) is 6.69. The van der Waals surface area contributed by atoms with Gasteiger partial charge in [0.15, 0.2) is 0 Å². The third kappa shape index (κ3) is 1.72. The maximum atomic E-state index is 2.49. The minimum Gasteiger partial charge on any atom is -0.345 e. The summed E-state index contributed by atoms with van der Waals surface area (Å²) in [6.07, 6.45) is 5.59. The van der Waals surface area contributed by atoms with E-state index in [1.165, 1.54) is 32.0 Å². The van der Waals surface area contributed by atoms with Gasteiger partial charge >= 0.3 is 0 Å². The predicted octanol–water partition coefficient (Wildman–Crippen LogP) is 1.72. The molecular formula is C7H16BN. The topological polar surface area (TPSA) is 3.24 Å². The van der Waals surface area contributed by atoms with Crippen LogP contribution < -0.4 is 0 Å². The van der Waals surface area contributed by atoms with E-state index >= 15 is 0 Å². The van der Waals surface area contributed by atoms with E-state index in [4.69, 9.17) is 0 Å². The van der Waals surface area contributed by atoms with Crippen molar-refractivity contribution in [2.75, 3.05) is 13.6 Å². The summed E-state index contributed by atoms with van der Waals surface area (Å²) in [6, 6.07) is 0. The lowest BCUT2D eigenvalue weighted by molar-refractivity contribution is 0.560. The lowest BCUT2D eigenvalue weighted by Crippen LogP contribution is -2.28. The second-order valence-corrected chi connectivity index (χ2v) is 3.07. The molecule has 0 unspecified atom stereocenters. The van der Waals surface area contributed by atoms with Crippen LogP contribution in [0.5, 0.6) is 0 Å². The van der Waals surface area contributed by atoms with Gasteiger partial charge in [-0.2, -0.15) is 0 Å². The standard InChI is InChI=1S/C7H16BN/c1-3-5-8-6-4-7-9(8)2/h3-7H2,1-2H3. The first-order valence-corrected chi connectivity index (χ1v) is 4.05. The molecule has 0 amide bonds. The molecule has 1 heterocycles. The second-order valence-electron chi connectivity index (χ2n) is 3.07. The van der Waals surface area contributed by atoms with E-state index in [1.807, 2.05) is 0 Å². The SMILES string of the molecule is CCCB1CCCN1C. The Morgan fingerprint density at radius 3 is 2.78 bits per heavy atom. The zero-order valence-corrected chi connectivity index (χ0v) is 6.56. The van der Waals surface area contributed by atoms with Gasteiger partial charge in [0.2, 0.25) is 6.85 Å². The van der Waals surface area contributed by atoms with E-state index in [0.29, 0.717) is 0 Å². The summed E-state index contributed by atoms with van der Waals surface area (Å²) < 4.78 is 0. The lowest BCUT2D eigenvalue weighted by atomic mass is 9.56. The monoisotopic (exact) mass is 125 g/mol. The summed E-state index contributed by atoms with van der Waals surface area (Å²) in [5, 5.41) is 0. The average Bonchev–Trinajstić information content (AvgIpc) is 2.18. The van der Waals surface area contributed by atoms with Crippen molar-refractivity contribution < 1.29 is 0 Å². The number of hydrogen-bond acceptors (Lipinski definition) is 1. The van der Waals surface area contributed by atoms with Gasteiger partial charge in [0.05, 0.1) is 0 Å². The highest BCUT2D eigenvalue weighted by Gasteiger charge is 2.23. The third-order valence-electron chi connectivity index (χ3n) is 2.29. The maximum absolute atomic E-state index is 2.49. The summed E-state index contributed by atoms with van der Waals surface area (Å²) in [5.74, 6) is 0. The molecule has 1 saturated heterocycles. The Morgan fingerprint density at radius 2 is 2.33 bits per heavy atom. The third-order valence-corrected chi connectivity index (χ3v) is 2.29. The lowest BCUT2D eigenvalue weighted by Gasteiger charge is -2.14. The van der Waals surface area contributed by atoms with Crippen LogP contribution in [0.15, 0.2) is 0 Å². The Labute approximate surface area is 58.5 Å². The minimum absolute atomic E-state index is 0.912. The molecule has 0 aromatic carbocycles. The van der Waals surface area contributed by atoms with Crippen molar-refractivity contribution in [2.24, 2.45) is 0 Å². The summed E-state index contributed by atoms with van der Waals surface area (Å²) in [7, 11) is 2.24. The van der Waals surface area contributed by atoms with E-state index in [-0.39, 0.29) is 0 Å². The van der Waals surface area contributed by atoms with Crippen molar-refractivity contribution in [2.45, 2.75) is 32.4 Å². The zero-order valence-electron chi connectivity index (χ0n) is 6.56. The van der Waals surface area contributed by atoms with Crippen LogP contribution in [0, 0.1) is 0 Å². The fraction of sp³-hybridized carbons (Fsp3) is 1.00. The molecule has 9 heavy (non-hydrogen) atoms. The van der Waals surface area contributed by atoms with E-state index in [9.17, 15) is 0 Å². The molecule has 0 spiro atoms. The molecule has 1 nitrogen and oxygen atoms in total. The van der Waals surface area contributed by atoms with Crippen LogP contribution >= 0.6 is 0 Å². The Balaban J connectivity index is 2.22. The van der Waals surface area contributed by atoms with Gasteiger partial charge in [0.25, 0.3) is 0 Å². The molecular weight excluding hydrogens is 109 g/mol. The summed E-state index contributed by atoms with van der Waals surface area (Å²) in [5.41, 5.74) is 0. The van der Waals surface area contributed by atoms with Gasteiger partial charge in [-0.1, -0.05) is 26.0 Å². The van der Waals surface area contributed by atoms with E-state index in [0.717, 1.165) is 6.85 Å². The average molecular weight is 125 g/mol. The van der Waals surface area contributed by atoms with E-state index < -0.39 is 0 Å². The van der Waals surface area contributed by atoms with Gasteiger partial charge in [-0.15, -0.1) is 0 Å². The molecule has 0 aromatic rings. The van der Waals surface area contributed by atoms with E-state index in [1.54, 1.807) is 0 Å². The quantitative estimate of drug-likeness (QED) is 0.508. The highest BCUT2D eigenvalue weighted by Crippen LogP contribution is 2.16. The normalized spacial score (nSPS) is 21.3. The van der Waals surface area contributed by atoms with Crippen molar-refractivity contribution in [3.63, 3.8) is 0 Å². The first-order chi connectivity index (χ1) is 4.34. The second kappa shape index (κ2) is 3.26. The summed E-state index contributed by atoms with van der Waals surface area (Å²) >= 11 is 0. The van der Waals surface area contributed by atoms with Crippen LogP contribution in [0.1, 0.15) is 19.8 Å². The molecule has 1 aliphatic heterocycles. The van der Waals surface area contributed by atoms with Gasteiger partial charge in [-0.05, 0) is 20.0 Å². The van der Waals surface area contributed by atoms with Crippen molar-refractivity contribution in [1.29, 1.82) is 0 Å². The van der Waals surface area contributed by atoms with Gasteiger partial charge in [-0.3, -0.25) is 0 Å². The van der Waals surface area contributed by atoms with Crippen LogP contribution in [-0.4, -0.2) is 25.3 Å². The molecule has 0 atom stereocenters. The Bertz CT molecular complexity index is 85.0. The number of hydrogen-bond donors (Lipinski definition) is 0. The first kappa shape index (κ1) is 7.14. The fourth-order valence-corrected chi connectivity index (χ4v) is 1.68. The minimum atomic E-state index is 0.912. The fourth-order valence-electron chi connectivity index (χ4n) is 1.68. The van der Waals surface area contributed by atoms with Crippen LogP contribution in [0.25, 0.3) is 0 Å². The highest BCUT2D eigenvalue weighted by atomic mass is 15.0. The predicted molar refractivity (Wildman–Crippen MR) is 42.9 cm³/mol. The smallest absolute Gasteiger partial charge is 0.222 e. The van der Waals surface area contributed by atoms with Crippen LogP contribution in [0.3, 0.4) is 0 Å². The molecule has 1 rings (SSSR count). The molecule has 1 aliphatic rings. The van der Waals surface area contributed by atoms with Gasteiger partial charge in [-0.25, -0.2) is 0 Å². The molecule has 1 fully saturated rings. The van der Waals surface area contributed by atoms with Crippen molar-refractivity contribution >= 4 is 6.85 Å². The summed E-state index contributed by atoms with van der Waals surface area (Å²) in [6.45, 7) is 4.51. The van der Waals surface area contributed by atoms with Crippen LogP contribution in [0.4, 0.5) is 0 Å². The molecule has 52 valence electrons. The highest BCUT2D eigenvalue weighted by molar-refractivity contribution is 6.56. The molecule has 2 heteroatoms. The molecule has 0 aliphatic carbocycles. The molecule has 0 saturated carbocycles. The maximum Gasteiger partial charge on any atom is 0.222 e. The Kier molecular flexibility index (Phi) is 2.58. The molecule has 0 radical (unpaired) electrons. The van der Waals surface area contributed by atoms with Gasteiger partial charge in [0.1, 0.15) is 0 Å². The largest absolute Gasteiger partial charge is 0.345 e. The van der Waals surface area contributed by atoms with Gasteiger partial charge < -0.3 is 4.81 Å². The van der Waals surface area contributed by atoms with Crippen molar-refractivity contribution in [3.05, 3.63) is 0 Å². The van der Waals surface area contributed by atoms with E-state index in [2.05, 4.69) is 18.8 Å². The Morgan fingerprint density at radius 1 is 1.56 bits per heavy atom. The van der Waals surface area contributed by atoms with Crippen LogP contribution in [-0.2, 0) is 0 Å².